The maximum atomic E-state index is 12.1. The number of nitrogens with zero attached hydrogens (tertiary/aromatic N) is 4. The molecule has 1 N–H and O–H groups in total. The van der Waals surface area contributed by atoms with E-state index in [2.05, 4.69) is 15.3 Å². The molecule has 0 saturated heterocycles. The highest BCUT2D eigenvalue weighted by Gasteiger charge is 2.35. The highest BCUT2D eigenvalue weighted by Crippen LogP contribution is 2.24. The quantitative estimate of drug-likeness (QED) is 0.845. The summed E-state index contributed by atoms with van der Waals surface area (Å²) in [5.41, 5.74) is 0.604. The number of carboxylic acids is 1. The Kier molecular flexibility index (Phi) is 3.31. The van der Waals surface area contributed by atoms with Crippen molar-refractivity contribution in [3.05, 3.63) is 18.3 Å². The summed E-state index contributed by atoms with van der Waals surface area (Å²) < 4.78 is 0. The lowest BCUT2D eigenvalue weighted by Crippen LogP contribution is -2.28. The molecule has 0 fully saturated rings. The van der Waals surface area contributed by atoms with Gasteiger partial charge in [-0.25, -0.2) is 0 Å². The van der Waals surface area contributed by atoms with Gasteiger partial charge in [-0.3, -0.25) is 9.59 Å². The van der Waals surface area contributed by atoms with Crippen molar-refractivity contribution in [2.24, 2.45) is 11.0 Å². The van der Waals surface area contributed by atoms with Crippen molar-refractivity contribution >= 4 is 23.4 Å². The maximum Gasteiger partial charge on any atom is 0.303 e. The largest absolute Gasteiger partial charge is 0.481 e. The summed E-state index contributed by atoms with van der Waals surface area (Å²) in [5.74, 6) is -1.31. The first-order valence-corrected chi connectivity index (χ1v) is 5.48. The van der Waals surface area contributed by atoms with E-state index < -0.39 is 11.9 Å². The number of hydrogen-bond donors (Lipinski definition) is 1. The van der Waals surface area contributed by atoms with Crippen molar-refractivity contribution in [1.29, 1.82) is 0 Å². The van der Waals surface area contributed by atoms with E-state index in [0.29, 0.717) is 11.5 Å². The van der Waals surface area contributed by atoms with Gasteiger partial charge < -0.3 is 5.11 Å². The summed E-state index contributed by atoms with van der Waals surface area (Å²) in [6, 6.07) is 3.28. The first-order chi connectivity index (χ1) is 8.59. The molecule has 18 heavy (non-hydrogen) atoms. The second kappa shape index (κ2) is 4.91. The minimum absolute atomic E-state index is 0.0580. The van der Waals surface area contributed by atoms with E-state index in [4.69, 9.17) is 5.11 Å². The molecule has 0 bridgehead atoms. The third kappa shape index (κ3) is 2.34. The van der Waals surface area contributed by atoms with Crippen LogP contribution in [-0.2, 0) is 9.59 Å². The summed E-state index contributed by atoms with van der Waals surface area (Å²) in [4.78, 5) is 22.6. The van der Waals surface area contributed by atoms with E-state index in [1.807, 2.05) is 0 Å². The third-order valence-corrected chi connectivity index (χ3v) is 2.69. The van der Waals surface area contributed by atoms with Crippen LogP contribution in [0.1, 0.15) is 19.8 Å². The van der Waals surface area contributed by atoms with Crippen LogP contribution in [0.4, 0.5) is 5.82 Å². The lowest BCUT2D eigenvalue weighted by atomic mass is 9.98. The molecule has 1 aromatic rings. The molecule has 0 spiro atoms. The minimum Gasteiger partial charge on any atom is -0.481 e. The number of anilines is 1. The Bertz CT molecular complexity index is 500. The lowest BCUT2D eigenvalue weighted by Gasteiger charge is -2.11. The van der Waals surface area contributed by atoms with Crippen LogP contribution in [0.3, 0.4) is 0 Å². The van der Waals surface area contributed by atoms with Crippen molar-refractivity contribution in [3.63, 3.8) is 0 Å². The molecule has 0 aromatic carbocycles. The Morgan fingerprint density at radius 3 is 2.94 bits per heavy atom. The molecule has 94 valence electrons. The predicted molar refractivity (Wildman–Crippen MR) is 63.0 cm³/mol. The van der Waals surface area contributed by atoms with E-state index in [0.717, 1.165) is 0 Å². The lowest BCUT2D eigenvalue weighted by molar-refractivity contribution is -0.137. The number of carbonyl (C=O) groups is 2. The molecule has 7 nitrogen and oxygen atoms in total. The minimum atomic E-state index is -0.923. The average molecular weight is 248 g/mol. The molecular formula is C11H12N4O3. The monoisotopic (exact) mass is 248 g/mol. The maximum absolute atomic E-state index is 12.1. The molecule has 2 rings (SSSR count). The van der Waals surface area contributed by atoms with Crippen LogP contribution < -0.4 is 5.01 Å². The fourth-order valence-corrected chi connectivity index (χ4v) is 1.77. The van der Waals surface area contributed by atoms with Crippen LogP contribution in [0, 0.1) is 5.92 Å². The summed E-state index contributed by atoms with van der Waals surface area (Å²) >= 11 is 0. The van der Waals surface area contributed by atoms with Gasteiger partial charge in [0, 0.05) is 18.3 Å². The van der Waals surface area contributed by atoms with Crippen LogP contribution in [-0.4, -0.2) is 32.9 Å². The van der Waals surface area contributed by atoms with E-state index >= 15 is 0 Å². The van der Waals surface area contributed by atoms with Crippen molar-refractivity contribution in [1.82, 2.24) is 10.2 Å². The summed E-state index contributed by atoms with van der Waals surface area (Å²) in [6.07, 6.45) is 1.69. The first kappa shape index (κ1) is 12.2. The molecule has 7 heteroatoms. The second-order valence-corrected chi connectivity index (χ2v) is 3.96. The summed E-state index contributed by atoms with van der Waals surface area (Å²) in [6.45, 7) is 1.71. The molecule has 1 atom stereocenters. The van der Waals surface area contributed by atoms with Gasteiger partial charge in [-0.05, 0) is 25.5 Å². The summed E-state index contributed by atoms with van der Waals surface area (Å²) in [7, 11) is 0. The van der Waals surface area contributed by atoms with Crippen LogP contribution in [0.25, 0.3) is 0 Å². The van der Waals surface area contributed by atoms with Crippen molar-refractivity contribution < 1.29 is 14.7 Å². The van der Waals surface area contributed by atoms with Gasteiger partial charge in [0.05, 0.1) is 5.92 Å². The average Bonchev–Trinajstić information content (AvgIpc) is 2.63. The Morgan fingerprint density at radius 1 is 1.56 bits per heavy atom. The first-order valence-electron chi connectivity index (χ1n) is 5.48. The number of aromatic nitrogens is 2. The fraction of sp³-hybridized carbons (Fsp3) is 0.364. The number of rotatable bonds is 4. The van der Waals surface area contributed by atoms with E-state index in [9.17, 15) is 9.59 Å². The van der Waals surface area contributed by atoms with Crippen molar-refractivity contribution in [3.8, 4) is 0 Å². The molecule has 0 aliphatic carbocycles. The van der Waals surface area contributed by atoms with Gasteiger partial charge in [-0.2, -0.15) is 15.2 Å². The van der Waals surface area contributed by atoms with Gasteiger partial charge in [0.2, 0.25) is 0 Å². The zero-order valence-electron chi connectivity index (χ0n) is 9.78. The predicted octanol–water partition coefficient (Wildman–Crippen LogP) is 0.680. The Morgan fingerprint density at radius 2 is 2.33 bits per heavy atom. The number of hydrogen-bond acceptors (Lipinski definition) is 5. The smallest absolute Gasteiger partial charge is 0.303 e. The van der Waals surface area contributed by atoms with Gasteiger partial charge in [0.15, 0.2) is 5.82 Å². The standard InChI is InChI=1S/C11H12N4O3/c1-7-8(4-5-10(16)17)11(18)15(14-7)9-3-2-6-12-13-9/h2-3,6,8H,4-5H2,1H3,(H,16,17). The van der Waals surface area contributed by atoms with Crippen LogP contribution >= 0.6 is 0 Å². The van der Waals surface area contributed by atoms with Gasteiger partial charge >= 0.3 is 5.97 Å². The molecule has 1 unspecified atom stereocenters. The van der Waals surface area contributed by atoms with Gasteiger partial charge in [0.1, 0.15) is 0 Å². The molecule has 1 amide bonds. The Labute approximate surface area is 103 Å². The molecule has 0 saturated carbocycles. The van der Waals surface area contributed by atoms with Crippen LogP contribution in [0.2, 0.25) is 0 Å². The van der Waals surface area contributed by atoms with Gasteiger partial charge in [-0.1, -0.05) is 0 Å². The second-order valence-electron chi connectivity index (χ2n) is 3.96. The molecule has 1 aliphatic heterocycles. The number of carboxylic acid groups (broad SMARTS) is 1. The molecule has 0 radical (unpaired) electrons. The molecule has 1 aromatic heterocycles. The normalized spacial score (nSPS) is 18.9. The molecule has 2 heterocycles. The third-order valence-electron chi connectivity index (χ3n) is 2.69. The molecule has 1 aliphatic rings. The van der Waals surface area contributed by atoms with E-state index in [1.54, 1.807) is 19.1 Å². The number of carbonyl (C=O) groups excluding carboxylic acids is 1. The van der Waals surface area contributed by atoms with E-state index in [1.165, 1.54) is 11.2 Å². The van der Waals surface area contributed by atoms with Gasteiger partial charge in [-0.15, -0.1) is 5.10 Å². The zero-order chi connectivity index (χ0) is 13.1. The number of aliphatic carboxylic acids is 1. The van der Waals surface area contributed by atoms with Crippen LogP contribution in [0.5, 0.6) is 0 Å². The zero-order valence-corrected chi connectivity index (χ0v) is 9.78. The van der Waals surface area contributed by atoms with Crippen molar-refractivity contribution in [2.75, 3.05) is 5.01 Å². The summed E-state index contributed by atoms with van der Waals surface area (Å²) in [5, 5.41) is 21.4. The molecular weight excluding hydrogens is 236 g/mol. The number of hydrazone groups is 1. The van der Waals surface area contributed by atoms with Crippen molar-refractivity contribution in [2.45, 2.75) is 19.8 Å². The highest BCUT2D eigenvalue weighted by molar-refractivity contribution is 6.14. The Hall–Kier alpha value is -2.31. The fourth-order valence-electron chi connectivity index (χ4n) is 1.77. The van der Waals surface area contributed by atoms with Gasteiger partial charge in [0.25, 0.3) is 5.91 Å². The van der Waals surface area contributed by atoms with E-state index in [-0.39, 0.29) is 18.7 Å². The SMILES string of the molecule is CC1=NN(c2cccnn2)C(=O)C1CCC(=O)O. The Balaban J connectivity index is 2.14. The number of amides is 1. The van der Waals surface area contributed by atoms with Crippen LogP contribution in [0.15, 0.2) is 23.4 Å². The highest BCUT2D eigenvalue weighted by atomic mass is 16.4. The topological polar surface area (TPSA) is 95.8 Å².